The van der Waals surface area contributed by atoms with Gasteiger partial charge in [-0.15, -0.1) is 0 Å². The molecule has 0 aromatic heterocycles. The summed E-state index contributed by atoms with van der Waals surface area (Å²) < 4.78 is 9.44. The van der Waals surface area contributed by atoms with E-state index in [1.807, 2.05) is 22.6 Å². The summed E-state index contributed by atoms with van der Waals surface area (Å²) in [5.41, 5.74) is -0.415. The number of para-hydroxylation sites is 1. The largest absolute Gasteiger partial charge is 0.466 e. The van der Waals surface area contributed by atoms with Crippen LogP contribution < -0.4 is 5.32 Å². The molecule has 1 aromatic carbocycles. The number of carbonyl (C=O) groups is 2. The molecule has 21 heavy (non-hydrogen) atoms. The number of ether oxygens (including phenoxy) is 2. The molecule has 0 aliphatic rings. The highest BCUT2D eigenvalue weighted by Gasteiger charge is 2.21. The number of anilines is 1. The Morgan fingerprint density at radius 1 is 1.33 bits per heavy atom. The molecule has 0 aliphatic heterocycles. The zero-order valence-corrected chi connectivity index (χ0v) is 13.2. The summed E-state index contributed by atoms with van der Waals surface area (Å²) in [5.74, 6) is -1.65. The Labute approximate surface area is 133 Å². The molecule has 0 saturated carbocycles. The number of nitro groups is 1. The minimum Gasteiger partial charge on any atom is -0.466 e. The lowest BCUT2D eigenvalue weighted by atomic mass is 10.2. The molecule has 0 fully saturated rings. The Kier molecular flexibility index (Phi) is 6.09. The second kappa shape index (κ2) is 7.57. The van der Waals surface area contributed by atoms with Crippen LogP contribution in [-0.4, -0.2) is 31.1 Å². The van der Waals surface area contributed by atoms with E-state index in [0.717, 1.165) is 20.3 Å². The van der Waals surface area contributed by atoms with Gasteiger partial charge < -0.3 is 14.8 Å². The Bertz CT molecular complexity index is 614. The maximum Gasteiger partial charge on any atom is 0.354 e. The van der Waals surface area contributed by atoms with Gasteiger partial charge in [0.2, 0.25) is 0 Å². The number of methoxy groups -OCH3 is 2. The highest BCUT2D eigenvalue weighted by atomic mass is 127. The fourth-order valence-corrected chi connectivity index (χ4v) is 1.97. The number of nitrogens with zero attached hydrogens (tertiary/aromatic N) is 1. The fourth-order valence-electron chi connectivity index (χ4n) is 1.36. The lowest BCUT2D eigenvalue weighted by Crippen LogP contribution is -2.16. The van der Waals surface area contributed by atoms with Crippen LogP contribution in [0, 0.1) is 13.7 Å². The number of halogens is 1. The SMILES string of the molecule is COC(=O)/C=C(/Nc1c(I)cccc1[N+](=O)[O-])C(=O)OC. The van der Waals surface area contributed by atoms with Crippen LogP contribution >= 0.6 is 22.6 Å². The Morgan fingerprint density at radius 3 is 2.52 bits per heavy atom. The van der Waals surface area contributed by atoms with Crippen molar-refractivity contribution in [2.75, 3.05) is 19.5 Å². The normalized spacial score (nSPS) is 10.7. The minimum absolute atomic E-state index is 0.0867. The fraction of sp³-hybridized carbons (Fsp3) is 0.167. The van der Waals surface area contributed by atoms with Gasteiger partial charge in [0.05, 0.1) is 25.2 Å². The van der Waals surface area contributed by atoms with Crippen molar-refractivity contribution < 1.29 is 24.0 Å². The molecule has 1 aromatic rings. The molecule has 0 saturated heterocycles. The molecule has 112 valence electrons. The van der Waals surface area contributed by atoms with E-state index in [1.165, 1.54) is 12.1 Å². The third-order valence-electron chi connectivity index (χ3n) is 2.32. The summed E-state index contributed by atoms with van der Waals surface area (Å²) >= 11 is 1.87. The van der Waals surface area contributed by atoms with Gasteiger partial charge in [-0.25, -0.2) is 9.59 Å². The van der Waals surface area contributed by atoms with Crippen molar-refractivity contribution >= 4 is 45.9 Å². The number of carbonyl (C=O) groups excluding carboxylic acids is 2. The smallest absolute Gasteiger partial charge is 0.354 e. The highest BCUT2D eigenvalue weighted by Crippen LogP contribution is 2.30. The standard InChI is InChI=1S/C12H11IN2O6/c1-20-10(16)6-8(12(17)21-2)14-11-7(13)4-3-5-9(11)15(18)19/h3-6,14H,1-2H3/b8-6+. The Morgan fingerprint density at radius 2 is 2.00 bits per heavy atom. The highest BCUT2D eigenvalue weighted by molar-refractivity contribution is 14.1. The van der Waals surface area contributed by atoms with Gasteiger partial charge >= 0.3 is 11.9 Å². The molecule has 0 atom stereocenters. The van der Waals surface area contributed by atoms with Crippen molar-refractivity contribution in [3.05, 3.63) is 43.7 Å². The van der Waals surface area contributed by atoms with Crippen LogP contribution in [0.25, 0.3) is 0 Å². The summed E-state index contributed by atoms with van der Waals surface area (Å²) in [5, 5.41) is 13.6. The first-order valence-electron chi connectivity index (χ1n) is 5.48. The van der Waals surface area contributed by atoms with Crippen molar-refractivity contribution in [2.24, 2.45) is 0 Å². The molecule has 0 amide bonds. The van der Waals surface area contributed by atoms with Gasteiger partial charge in [0.25, 0.3) is 5.69 Å². The average molecular weight is 406 g/mol. The van der Waals surface area contributed by atoms with Crippen molar-refractivity contribution in [2.45, 2.75) is 0 Å². The quantitative estimate of drug-likeness (QED) is 0.261. The second-order valence-electron chi connectivity index (χ2n) is 3.59. The van der Waals surface area contributed by atoms with Crippen LogP contribution in [-0.2, 0) is 19.1 Å². The number of nitro benzene ring substituents is 1. The first kappa shape index (κ1) is 16.9. The summed E-state index contributed by atoms with van der Waals surface area (Å²) in [7, 11) is 2.27. The van der Waals surface area contributed by atoms with Crippen LogP contribution in [0.15, 0.2) is 30.0 Å². The van der Waals surface area contributed by atoms with E-state index < -0.39 is 16.9 Å². The van der Waals surface area contributed by atoms with Crippen LogP contribution in [0.4, 0.5) is 11.4 Å². The van der Waals surface area contributed by atoms with E-state index in [4.69, 9.17) is 0 Å². The van der Waals surface area contributed by atoms with E-state index in [9.17, 15) is 19.7 Å². The zero-order chi connectivity index (χ0) is 16.0. The van der Waals surface area contributed by atoms with Gasteiger partial charge in [-0.05, 0) is 28.7 Å². The number of nitrogens with one attached hydrogen (secondary N) is 1. The summed E-state index contributed by atoms with van der Waals surface area (Å²) in [6.07, 6.45) is 0.860. The predicted molar refractivity (Wildman–Crippen MR) is 81.6 cm³/mol. The summed E-state index contributed by atoms with van der Waals surface area (Å²) in [6.45, 7) is 0. The molecular formula is C12H11IN2O6. The van der Waals surface area contributed by atoms with Gasteiger partial charge in [-0.2, -0.15) is 0 Å². The summed E-state index contributed by atoms with van der Waals surface area (Å²) in [6, 6.07) is 4.40. The van der Waals surface area contributed by atoms with E-state index in [0.29, 0.717) is 3.57 Å². The first-order valence-corrected chi connectivity index (χ1v) is 6.56. The number of hydrogen-bond acceptors (Lipinski definition) is 7. The minimum atomic E-state index is -0.852. The first-order chi connectivity index (χ1) is 9.90. The van der Waals surface area contributed by atoms with Gasteiger partial charge in [0.15, 0.2) is 0 Å². The second-order valence-corrected chi connectivity index (χ2v) is 4.75. The number of benzene rings is 1. The number of esters is 2. The van der Waals surface area contributed by atoms with Crippen LogP contribution in [0.5, 0.6) is 0 Å². The predicted octanol–water partition coefficient (Wildman–Crippen LogP) is 1.84. The van der Waals surface area contributed by atoms with Gasteiger partial charge in [0, 0.05) is 9.64 Å². The lowest BCUT2D eigenvalue weighted by molar-refractivity contribution is -0.384. The topological polar surface area (TPSA) is 108 Å². The molecule has 0 radical (unpaired) electrons. The zero-order valence-electron chi connectivity index (χ0n) is 11.1. The van der Waals surface area contributed by atoms with Crippen molar-refractivity contribution in [1.82, 2.24) is 0 Å². The summed E-state index contributed by atoms with van der Waals surface area (Å²) in [4.78, 5) is 33.3. The molecule has 0 aliphatic carbocycles. The molecular weight excluding hydrogens is 395 g/mol. The Hall–Kier alpha value is -2.17. The molecule has 0 bridgehead atoms. The average Bonchev–Trinajstić information content (AvgIpc) is 2.46. The van der Waals surface area contributed by atoms with E-state index in [-0.39, 0.29) is 17.1 Å². The maximum atomic E-state index is 11.6. The van der Waals surface area contributed by atoms with E-state index in [2.05, 4.69) is 14.8 Å². The molecule has 9 heteroatoms. The number of hydrogen-bond donors (Lipinski definition) is 1. The maximum absolute atomic E-state index is 11.6. The van der Waals surface area contributed by atoms with Gasteiger partial charge in [-0.3, -0.25) is 10.1 Å². The van der Waals surface area contributed by atoms with Gasteiger partial charge in [0.1, 0.15) is 11.4 Å². The third-order valence-corrected chi connectivity index (χ3v) is 3.22. The van der Waals surface area contributed by atoms with Crippen molar-refractivity contribution in [3.8, 4) is 0 Å². The van der Waals surface area contributed by atoms with Crippen LogP contribution in [0.2, 0.25) is 0 Å². The molecule has 0 unspecified atom stereocenters. The molecule has 0 heterocycles. The lowest BCUT2D eigenvalue weighted by Gasteiger charge is -2.10. The molecule has 1 rings (SSSR count). The van der Waals surface area contributed by atoms with Crippen molar-refractivity contribution in [3.63, 3.8) is 0 Å². The monoisotopic (exact) mass is 406 g/mol. The van der Waals surface area contributed by atoms with E-state index >= 15 is 0 Å². The third kappa shape index (κ3) is 4.41. The molecule has 8 nitrogen and oxygen atoms in total. The Balaban J connectivity index is 3.27. The number of rotatable bonds is 5. The van der Waals surface area contributed by atoms with Gasteiger partial charge in [-0.1, -0.05) is 6.07 Å². The molecule has 0 spiro atoms. The molecule has 1 N–H and O–H groups in total. The van der Waals surface area contributed by atoms with E-state index in [1.54, 1.807) is 6.07 Å². The van der Waals surface area contributed by atoms with Crippen molar-refractivity contribution in [1.29, 1.82) is 0 Å². The van der Waals surface area contributed by atoms with Crippen LogP contribution in [0.1, 0.15) is 0 Å². The van der Waals surface area contributed by atoms with Crippen LogP contribution in [0.3, 0.4) is 0 Å².